The number of nitrogens with zero attached hydrogens (tertiary/aromatic N) is 1. The fraction of sp³-hybridized carbons (Fsp3) is 0.519. The molecule has 0 unspecified atom stereocenters. The van der Waals surface area contributed by atoms with E-state index in [1.165, 1.54) is 49.9 Å². The highest BCUT2D eigenvalue weighted by Crippen LogP contribution is 2.51. The van der Waals surface area contributed by atoms with Crippen molar-refractivity contribution < 1.29 is 9.53 Å². The molecule has 158 valence electrons. The third kappa shape index (κ3) is 4.78. The first kappa shape index (κ1) is 19.8. The first-order chi connectivity index (χ1) is 14.7. The Hall–Kier alpha value is -2.13. The third-order valence-electron chi connectivity index (χ3n) is 7.41. The summed E-state index contributed by atoms with van der Waals surface area (Å²) in [5.74, 6) is 3.97. The van der Waals surface area contributed by atoms with Crippen molar-refractivity contribution in [2.24, 2.45) is 11.8 Å². The molecular weight excluding hydrogens is 370 g/mol. The number of likely N-dealkylation sites (tertiary alicyclic amines) is 1. The van der Waals surface area contributed by atoms with Gasteiger partial charge in [0.05, 0.1) is 0 Å². The van der Waals surface area contributed by atoms with Crippen LogP contribution in [0.4, 0.5) is 0 Å². The van der Waals surface area contributed by atoms with Gasteiger partial charge in [-0.2, -0.15) is 0 Å². The number of hydrogen-bond donors (Lipinski definition) is 0. The van der Waals surface area contributed by atoms with Gasteiger partial charge >= 0.3 is 0 Å². The summed E-state index contributed by atoms with van der Waals surface area (Å²) in [5, 5.41) is 0. The Morgan fingerprint density at radius 2 is 1.80 bits per heavy atom. The molecule has 1 saturated heterocycles. The second kappa shape index (κ2) is 8.93. The number of carbonyl (C=O) groups excluding carboxylic acids is 1. The zero-order chi connectivity index (χ0) is 20.3. The predicted molar refractivity (Wildman–Crippen MR) is 120 cm³/mol. The largest absolute Gasteiger partial charge is 0.492 e. The van der Waals surface area contributed by atoms with Crippen LogP contribution >= 0.6 is 0 Å². The summed E-state index contributed by atoms with van der Waals surface area (Å²) in [4.78, 5) is 14.2. The number of aryl methyl sites for hydroxylation is 1. The van der Waals surface area contributed by atoms with Crippen LogP contribution in [0.15, 0.2) is 48.5 Å². The van der Waals surface area contributed by atoms with Crippen LogP contribution in [-0.2, 0) is 17.6 Å². The van der Waals surface area contributed by atoms with Gasteiger partial charge in [-0.1, -0.05) is 36.4 Å². The SMILES string of the molecule is O=C1CCc2cc(OCCN3CCC(C[C@@H]4C[C@H]4c4ccccc4)CC3)ccc2C1. The van der Waals surface area contributed by atoms with Gasteiger partial charge < -0.3 is 4.74 Å². The van der Waals surface area contributed by atoms with Crippen molar-refractivity contribution in [2.45, 2.75) is 50.9 Å². The van der Waals surface area contributed by atoms with Gasteiger partial charge in [0, 0.05) is 19.4 Å². The minimum Gasteiger partial charge on any atom is -0.492 e. The Labute approximate surface area is 180 Å². The zero-order valence-corrected chi connectivity index (χ0v) is 17.9. The summed E-state index contributed by atoms with van der Waals surface area (Å²) in [6, 6.07) is 17.3. The molecule has 3 nitrogen and oxygen atoms in total. The molecule has 0 N–H and O–H groups in total. The summed E-state index contributed by atoms with van der Waals surface area (Å²) in [5.41, 5.74) is 4.03. The minimum absolute atomic E-state index is 0.358. The van der Waals surface area contributed by atoms with Crippen LogP contribution in [-0.4, -0.2) is 36.9 Å². The molecule has 0 spiro atoms. The van der Waals surface area contributed by atoms with E-state index in [4.69, 9.17) is 4.74 Å². The molecule has 3 aliphatic rings. The van der Waals surface area contributed by atoms with Gasteiger partial charge in [0.25, 0.3) is 0 Å². The number of fused-ring (bicyclic) bond motifs is 1. The second-order valence-electron chi connectivity index (χ2n) is 9.53. The monoisotopic (exact) mass is 403 g/mol. The van der Waals surface area contributed by atoms with E-state index in [1.807, 2.05) is 6.07 Å². The van der Waals surface area contributed by atoms with E-state index in [0.29, 0.717) is 18.6 Å². The molecule has 1 saturated carbocycles. The summed E-state index contributed by atoms with van der Waals surface area (Å²) in [6.45, 7) is 4.19. The molecule has 0 bridgehead atoms. The van der Waals surface area contributed by atoms with Crippen molar-refractivity contribution >= 4 is 5.78 Å². The molecule has 3 heteroatoms. The third-order valence-corrected chi connectivity index (χ3v) is 7.41. The smallest absolute Gasteiger partial charge is 0.137 e. The quantitative estimate of drug-likeness (QED) is 0.649. The number of piperidine rings is 1. The Morgan fingerprint density at radius 3 is 2.63 bits per heavy atom. The number of benzene rings is 2. The van der Waals surface area contributed by atoms with Crippen molar-refractivity contribution in [1.29, 1.82) is 0 Å². The fourth-order valence-electron chi connectivity index (χ4n) is 5.46. The van der Waals surface area contributed by atoms with Crippen LogP contribution in [0.5, 0.6) is 5.75 Å². The maximum atomic E-state index is 11.6. The molecule has 1 aliphatic heterocycles. The molecule has 30 heavy (non-hydrogen) atoms. The fourth-order valence-corrected chi connectivity index (χ4v) is 5.46. The number of Topliss-reactive ketones (excluding diaryl/α,β-unsaturated/α-hetero) is 1. The average molecular weight is 404 g/mol. The van der Waals surface area contributed by atoms with E-state index in [9.17, 15) is 4.79 Å². The molecule has 2 aromatic rings. The molecule has 5 rings (SSSR count). The van der Waals surface area contributed by atoms with Gasteiger partial charge in [-0.3, -0.25) is 9.69 Å². The van der Waals surface area contributed by atoms with Gasteiger partial charge in [-0.15, -0.1) is 0 Å². The summed E-state index contributed by atoms with van der Waals surface area (Å²) < 4.78 is 6.04. The van der Waals surface area contributed by atoms with Crippen LogP contribution < -0.4 is 4.74 Å². The summed E-state index contributed by atoms with van der Waals surface area (Å²) in [7, 11) is 0. The van der Waals surface area contributed by atoms with Crippen LogP contribution in [0.25, 0.3) is 0 Å². The highest BCUT2D eigenvalue weighted by atomic mass is 16.5. The first-order valence-electron chi connectivity index (χ1n) is 11.8. The lowest BCUT2D eigenvalue weighted by atomic mass is 9.90. The number of ketones is 1. The molecule has 2 atom stereocenters. The van der Waals surface area contributed by atoms with Gasteiger partial charge in [-0.05, 0) is 91.8 Å². The van der Waals surface area contributed by atoms with Crippen molar-refractivity contribution in [2.75, 3.05) is 26.2 Å². The van der Waals surface area contributed by atoms with Crippen LogP contribution in [0.1, 0.15) is 54.7 Å². The van der Waals surface area contributed by atoms with Gasteiger partial charge in [0.2, 0.25) is 0 Å². The van der Waals surface area contributed by atoms with Crippen LogP contribution in [0.2, 0.25) is 0 Å². The van der Waals surface area contributed by atoms with Crippen LogP contribution in [0.3, 0.4) is 0 Å². The van der Waals surface area contributed by atoms with E-state index in [2.05, 4.69) is 47.4 Å². The summed E-state index contributed by atoms with van der Waals surface area (Å²) >= 11 is 0. The summed E-state index contributed by atoms with van der Waals surface area (Å²) in [6.07, 6.45) is 7.63. The predicted octanol–water partition coefficient (Wildman–Crippen LogP) is 5.03. The highest BCUT2D eigenvalue weighted by molar-refractivity contribution is 5.83. The molecule has 2 fully saturated rings. The standard InChI is InChI=1S/C27H33NO2/c29-25-8-6-23-18-26(9-7-22(23)17-25)30-15-14-28-12-10-20(11-13-28)16-24-19-27(24)21-4-2-1-3-5-21/h1-5,7,9,18,20,24,27H,6,8,10-17,19H2/t24-,27+/m1/s1. The molecule has 2 aromatic carbocycles. The van der Waals surface area contributed by atoms with Crippen molar-refractivity contribution in [3.8, 4) is 5.75 Å². The number of ether oxygens (including phenoxy) is 1. The van der Waals surface area contributed by atoms with E-state index < -0.39 is 0 Å². The molecule has 2 aliphatic carbocycles. The number of carbonyl (C=O) groups is 1. The highest BCUT2D eigenvalue weighted by Gasteiger charge is 2.39. The molecule has 0 amide bonds. The Bertz CT molecular complexity index is 870. The van der Waals surface area contributed by atoms with Crippen molar-refractivity contribution in [1.82, 2.24) is 4.90 Å². The van der Waals surface area contributed by atoms with E-state index in [0.717, 1.165) is 43.1 Å². The van der Waals surface area contributed by atoms with E-state index in [1.54, 1.807) is 5.56 Å². The van der Waals surface area contributed by atoms with Crippen molar-refractivity contribution in [3.63, 3.8) is 0 Å². The van der Waals surface area contributed by atoms with E-state index in [-0.39, 0.29) is 0 Å². The molecular formula is C27H33NO2. The normalized spacial score (nSPS) is 24.5. The molecule has 1 heterocycles. The topological polar surface area (TPSA) is 29.5 Å². The van der Waals surface area contributed by atoms with Crippen LogP contribution in [0, 0.1) is 11.8 Å². The van der Waals surface area contributed by atoms with E-state index >= 15 is 0 Å². The second-order valence-corrected chi connectivity index (χ2v) is 9.53. The molecule has 0 aromatic heterocycles. The van der Waals surface area contributed by atoms with Gasteiger partial charge in [-0.25, -0.2) is 0 Å². The Kier molecular flexibility index (Phi) is 5.90. The Balaban J connectivity index is 1.01. The van der Waals surface area contributed by atoms with Crippen molar-refractivity contribution in [3.05, 3.63) is 65.2 Å². The first-order valence-corrected chi connectivity index (χ1v) is 11.8. The lowest BCUT2D eigenvalue weighted by molar-refractivity contribution is -0.118. The Morgan fingerprint density at radius 1 is 0.967 bits per heavy atom. The maximum Gasteiger partial charge on any atom is 0.137 e. The van der Waals surface area contributed by atoms with Gasteiger partial charge in [0.1, 0.15) is 18.1 Å². The number of hydrogen-bond acceptors (Lipinski definition) is 3. The maximum absolute atomic E-state index is 11.6. The molecule has 0 radical (unpaired) electrons. The van der Waals surface area contributed by atoms with Gasteiger partial charge in [0.15, 0.2) is 0 Å². The zero-order valence-electron chi connectivity index (χ0n) is 17.9. The lowest BCUT2D eigenvalue weighted by Crippen LogP contribution is -2.36. The minimum atomic E-state index is 0.358. The average Bonchev–Trinajstić information content (AvgIpc) is 3.55. The lowest BCUT2D eigenvalue weighted by Gasteiger charge is -2.32. The number of rotatable bonds is 7.